The van der Waals surface area contributed by atoms with Crippen LogP contribution in [0.4, 0.5) is 0 Å². The van der Waals surface area contributed by atoms with E-state index in [-0.39, 0.29) is 12.5 Å². The first kappa shape index (κ1) is 13.3. The van der Waals surface area contributed by atoms with Crippen molar-refractivity contribution in [2.45, 2.75) is 44.0 Å². The lowest BCUT2D eigenvalue weighted by molar-refractivity contribution is -0.132. The van der Waals surface area contributed by atoms with Gasteiger partial charge in [0.1, 0.15) is 12.9 Å². The standard InChI is InChI=1S/C11H19N5OS/c1-3-18-10-5-4-9(6-10)15(2)11(17)7-16-8-12-13-14-16/h8-10H,3-7H2,1-2H3/t9-,10-/m1/s1. The molecule has 1 amide bonds. The van der Waals surface area contributed by atoms with E-state index in [9.17, 15) is 4.79 Å². The minimum absolute atomic E-state index is 0.0782. The van der Waals surface area contributed by atoms with E-state index in [0.29, 0.717) is 11.3 Å². The zero-order chi connectivity index (χ0) is 13.0. The second kappa shape index (κ2) is 6.17. The van der Waals surface area contributed by atoms with Gasteiger partial charge >= 0.3 is 0 Å². The SMILES string of the molecule is CCS[C@@H]1CC[C@@H](N(C)C(=O)Cn2cnnn2)C1. The number of aromatic nitrogens is 4. The number of nitrogens with zero attached hydrogens (tertiary/aromatic N) is 5. The summed E-state index contributed by atoms with van der Waals surface area (Å²) >= 11 is 2.00. The zero-order valence-electron chi connectivity index (χ0n) is 10.8. The summed E-state index contributed by atoms with van der Waals surface area (Å²) in [6, 6.07) is 0.373. The Labute approximate surface area is 111 Å². The van der Waals surface area contributed by atoms with Crippen molar-refractivity contribution < 1.29 is 4.79 Å². The van der Waals surface area contributed by atoms with Gasteiger partial charge in [0, 0.05) is 18.3 Å². The summed E-state index contributed by atoms with van der Waals surface area (Å²) in [5.41, 5.74) is 0. The maximum atomic E-state index is 12.1. The molecule has 0 N–H and O–H groups in total. The molecule has 0 aliphatic heterocycles. The van der Waals surface area contributed by atoms with Gasteiger partial charge in [0.05, 0.1) is 0 Å². The first-order chi connectivity index (χ1) is 8.70. The van der Waals surface area contributed by atoms with E-state index < -0.39 is 0 Å². The highest BCUT2D eigenvalue weighted by Crippen LogP contribution is 2.32. The summed E-state index contributed by atoms with van der Waals surface area (Å²) in [5.74, 6) is 1.23. The number of hydrogen-bond donors (Lipinski definition) is 0. The topological polar surface area (TPSA) is 63.9 Å². The van der Waals surface area contributed by atoms with Crippen LogP contribution in [0.3, 0.4) is 0 Å². The average molecular weight is 269 g/mol. The molecule has 0 radical (unpaired) electrons. The fourth-order valence-electron chi connectivity index (χ4n) is 2.36. The molecule has 2 atom stereocenters. The van der Waals surface area contributed by atoms with Gasteiger partial charge in [-0.25, -0.2) is 4.68 Å². The lowest BCUT2D eigenvalue weighted by Crippen LogP contribution is -2.37. The molecule has 0 spiro atoms. The average Bonchev–Trinajstić information content (AvgIpc) is 3.00. The fourth-order valence-corrected chi connectivity index (χ4v) is 3.50. The van der Waals surface area contributed by atoms with E-state index in [1.165, 1.54) is 17.4 Å². The van der Waals surface area contributed by atoms with Crippen molar-refractivity contribution in [2.75, 3.05) is 12.8 Å². The molecule has 0 aromatic carbocycles. The number of hydrogen-bond acceptors (Lipinski definition) is 5. The van der Waals surface area contributed by atoms with Crippen molar-refractivity contribution in [3.63, 3.8) is 0 Å². The third-order valence-electron chi connectivity index (χ3n) is 3.39. The molecule has 1 aliphatic carbocycles. The molecule has 1 aromatic heterocycles. The molecule has 0 unspecified atom stereocenters. The van der Waals surface area contributed by atoms with Gasteiger partial charge in [-0.15, -0.1) is 5.10 Å². The van der Waals surface area contributed by atoms with Crippen LogP contribution in [0.1, 0.15) is 26.2 Å². The van der Waals surface area contributed by atoms with E-state index in [1.54, 1.807) is 0 Å². The number of carbonyl (C=O) groups excluding carboxylic acids is 1. The maximum Gasteiger partial charge on any atom is 0.244 e. The number of rotatable bonds is 5. The highest BCUT2D eigenvalue weighted by Gasteiger charge is 2.29. The van der Waals surface area contributed by atoms with Crippen LogP contribution in [0.15, 0.2) is 6.33 Å². The molecule has 0 bridgehead atoms. The third-order valence-corrected chi connectivity index (χ3v) is 4.62. The van der Waals surface area contributed by atoms with Crippen LogP contribution in [-0.2, 0) is 11.3 Å². The van der Waals surface area contributed by atoms with E-state index in [1.807, 2.05) is 23.7 Å². The van der Waals surface area contributed by atoms with Crippen molar-refractivity contribution in [2.24, 2.45) is 0 Å². The number of likely N-dealkylation sites (N-methyl/N-ethyl adjacent to an activating group) is 1. The third kappa shape index (κ3) is 3.22. The van der Waals surface area contributed by atoms with Crippen LogP contribution in [0.2, 0.25) is 0 Å². The van der Waals surface area contributed by atoms with Gasteiger partial charge in [0.25, 0.3) is 0 Å². The maximum absolute atomic E-state index is 12.1. The Morgan fingerprint density at radius 3 is 3.06 bits per heavy atom. The minimum atomic E-state index is 0.0782. The summed E-state index contributed by atoms with van der Waals surface area (Å²) in [6.07, 6.45) is 4.90. The van der Waals surface area contributed by atoms with Gasteiger partial charge < -0.3 is 4.90 Å². The highest BCUT2D eigenvalue weighted by molar-refractivity contribution is 7.99. The van der Waals surface area contributed by atoms with Crippen LogP contribution in [0, 0.1) is 0 Å². The second-order valence-electron chi connectivity index (χ2n) is 4.56. The Bertz CT molecular complexity index is 383. The molecule has 100 valence electrons. The summed E-state index contributed by atoms with van der Waals surface area (Å²) in [6.45, 7) is 2.41. The molecular formula is C11H19N5OS. The molecule has 18 heavy (non-hydrogen) atoms. The Morgan fingerprint density at radius 1 is 1.56 bits per heavy atom. The van der Waals surface area contributed by atoms with Crippen molar-refractivity contribution in [1.82, 2.24) is 25.1 Å². The summed E-state index contributed by atoms with van der Waals surface area (Å²) in [4.78, 5) is 13.9. The molecule has 1 saturated carbocycles. The largest absolute Gasteiger partial charge is 0.341 e. The smallest absolute Gasteiger partial charge is 0.244 e. The van der Waals surface area contributed by atoms with E-state index >= 15 is 0 Å². The van der Waals surface area contributed by atoms with Crippen molar-refractivity contribution in [3.05, 3.63) is 6.33 Å². The van der Waals surface area contributed by atoms with Gasteiger partial charge in [-0.3, -0.25) is 4.79 Å². The predicted molar refractivity (Wildman–Crippen MR) is 70.1 cm³/mol. The van der Waals surface area contributed by atoms with Gasteiger partial charge in [-0.1, -0.05) is 6.92 Å². The lowest BCUT2D eigenvalue weighted by Gasteiger charge is -2.24. The lowest BCUT2D eigenvalue weighted by atomic mass is 10.2. The Morgan fingerprint density at radius 2 is 2.39 bits per heavy atom. The molecule has 6 nitrogen and oxygen atoms in total. The van der Waals surface area contributed by atoms with Crippen molar-refractivity contribution >= 4 is 17.7 Å². The number of tetrazole rings is 1. The monoisotopic (exact) mass is 269 g/mol. The van der Waals surface area contributed by atoms with Crippen molar-refractivity contribution in [1.29, 1.82) is 0 Å². The van der Waals surface area contributed by atoms with E-state index in [4.69, 9.17) is 0 Å². The number of amides is 1. The quantitative estimate of drug-likeness (QED) is 0.791. The van der Waals surface area contributed by atoms with Gasteiger partial charge in [-0.2, -0.15) is 11.8 Å². The van der Waals surface area contributed by atoms with Crippen LogP contribution in [-0.4, -0.2) is 55.1 Å². The zero-order valence-corrected chi connectivity index (χ0v) is 11.6. The van der Waals surface area contributed by atoms with E-state index in [0.717, 1.165) is 18.6 Å². The molecule has 7 heteroatoms. The Hall–Kier alpha value is -1.11. The molecular weight excluding hydrogens is 250 g/mol. The van der Waals surface area contributed by atoms with Crippen LogP contribution < -0.4 is 0 Å². The molecule has 1 aliphatic rings. The number of carbonyl (C=O) groups is 1. The first-order valence-electron chi connectivity index (χ1n) is 6.28. The molecule has 0 saturated heterocycles. The Kier molecular flexibility index (Phi) is 4.57. The molecule has 1 heterocycles. The fraction of sp³-hybridized carbons (Fsp3) is 0.818. The number of thioether (sulfide) groups is 1. The van der Waals surface area contributed by atoms with Crippen LogP contribution in [0.25, 0.3) is 0 Å². The van der Waals surface area contributed by atoms with Crippen LogP contribution >= 0.6 is 11.8 Å². The van der Waals surface area contributed by atoms with Crippen LogP contribution in [0.5, 0.6) is 0 Å². The van der Waals surface area contributed by atoms with Gasteiger partial charge in [0.15, 0.2) is 0 Å². The van der Waals surface area contributed by atoms with Crippen molar-refractivity contribution in [3.8, 4) is 0 Å². The summed E-state index contributed by atoms with van der Waals surface area (Å²) in [5, 5.41) is 11.5. The van der Waals surface area contributed by atoms with E-state index in [2.05, 4.69) is 22.4 Å². The molecule has 2 rings (SSSR count). The minimum Gasteiger partial charge on any atom is -0.341 e. The normalized spacial score (nSPS) is 23.2. The summed E-state index contributed by atoms with van der Waals surface area (Å²) in [7, 11) is 1.89. The second-order valence-corrected chi connectivity index (χ2v) is 6.13. The first-order valence-corrected chi connectivity index (χ1v) is 7.33. The molecule has 1 fully saturated rings. The van der Waals surface area contributed by atoms with Gasteiger partial charge in [-0.05, 0) is 35.4 Å². The van der Waals surface area contributed by atoms with Gasteiger partial charge in [0.2, 0.25) is 5.91 Å². The molecule has 1 aromatic rings. The Balaban J connectivity index is 1.84. The predicted octanol–water partition coefficient (Wildman–Crippen LogP) is 0.806. The summed E-state index contributed by atoms with van der Waals surface area (Å²) < 4.78 is 1.46. The highest BCUT2D eigenvalue weighted by atomic mass is 32.2.